The van der Waals surface area contributed by atoms with Crippen LogP contribution in [0.1, 0.15) is 58.8 Å². The first-order valence-electron chi connectivity index (χ1n) is 8.48. The van der Waals surface area contributed by atoms with E-state index >= 15 is 0 Å². The van der Waals surface area contributed by atoms with E-state index in [1.807, 2.05) is 0 Å². The van der Waals surface area contributed by atoms with E-state index in [9.17, 15) is 4.79 Å². The SMILES string of the molecule is CCN(CC1CCCCN1)C(C)C(=O)NC1CCCC1. The zero-order valence-electron chi connectivity index (χ0n) is 13.2. The molecule has 0 spiro atoms. The number of hydrogen-bond donors (Lipinski definition) is 2. The Morgan fingerprint density at radius 1 is 1.25 bits per heavy atom. The van der Waals surface area contributed by atoms with Crippen LogP contribution in [0.5, 0.6) is 0 Å². The van der Waals surface area contributed by atoms with E-state index in [1.54, 1.807) is 0 Å². The second-order valence-electron chi connectivity index (χ2n) is 6.40. The van der Waals surface area contributed by atoms with Gasteiger partial charge in [-0.25, -0.2) is 0 Å². The maximum Gasteiger partial charge on any atom is 0.237 e. The number of piperidine rings is 1. The van der Waals surface area contributed by atoms with Crippen LogP contribution in [-0.4, -0.2) is 48.6 Å². The molecule has 0 bridgehead atoms. The van der Waals surface area contributed by atoms with E-state index in [4.69, 9.17) is 0 Å². The fourth-order valence-electron chi connectivity index (χ4n) is 3.48. The van der Waals surface area contributed by atoms with Crippen molar-refractivity contribution in [2.45, 2.75) is 76.9 Å². The Balaban J connectivity index is 1.80. The standard InChI is InChI=1S/C16H31N3O/c1-3-19(12-15-10-6-7-11-17-15)13(2)16(20)18-14-8-4-5-9-14/h13-15,17H,3-12H2,1-2H3,(H,18,20). The Bertz CT molecular complexity index is 296. The summed E-state index contributed by atoms with van der Waals surface area (Å²) in [5.74, 6) is 0.217. The Labute approximate surface area is 123 Å². The molecule has 0 aromatic carbocycles. The monoisotopic (exact) mass is 281 g/mol. The van der Waals surface area contributed by atoms with Crippen LogP contribution in [0.25, 0.3) is 0 Å². The summed E-state index contributed by atoms with van der Waals surface area (Å²) in [6.45, 7) is 7.27. The molecule has 2 rings (SSSR count). The minimum atomic E-state index is -0.00988. The van der Waals surface area contributed by atoms with Crippen molar-refractivity contribution in [1.82, 2.24) is 15.5 Å². The van der Waals surface area contributed by atoms with Gasteiger partial charge in [0.15, 0.2) is 0 Å². The van der Waals surface area contributed by atoms with Crippen molar-refractivity contribution in [3.05, 3.63) is 0 Å². The Morgan fingerprint density at radius 2 is 1.95 bits per heavy atom. The maximum atomic E-state index is 12.4. The van der Waals surface area contributed by atoms with Gasteiger partial charge in [0.1, 0.15) is 0 Å². The van der Waals surface area contributed by atoms with E-state index in [0.717, 1.165) is 32.5 Å². The lowest BCUT2D eigenvalue weighted by molar-refractivity contribution is -0.126. The van der Waals surface area contributed by atoms with E-state index in [0.29, 0.717) is 12.1 Å². The lowest BCUT2D eigenvalue weighted by Gasteiger charge is -2.33. The molecule has 2 aliphatic rings. The van der Waals surface area contributed by atoms with E-state index < -0.39 is 0 Å². The van der Waals surface area contributed by atoms with Crippen molar-refractivity contribution in [1.29, 1.82) is 0 Å². The first-order chi connectivity index (χ1) is 9.70. The van der Waals surface area contributed by atoms with Crippen molar-refractivity contribution in [3.8, 4) is 0 Å². The topological polar surface area (TPSA) is 44.4 Å². The summed E-state index contributed by atoms with van der Waals surface area (Å²) in [5, 5.41) is 6.81. The molecule has 2 unspecified atom stereocenters. The lowest BCUT2D eigenvalue weighted by Crippen LogP contribution is -2.52. The highest BCUT2D eigenvalue weighted by Crippen LogP contribution is 2.18. The molecule has 1 aliphatic heterocycles. The molecule has 1 saturated carbocycles. The molecule has 0 aromatic heterocycles. The van der Waals surface area contributed by atoms with Crippen LogP contribution < -0.4 is 10.6 Å². The zero-order valence-corrected chi connectivity index (χ0v) is 13.2. The second-order valence-corrected chi connectivity index (χ2v) is 6.40. The molecule has 1 heterocycles. The molecule has 20 heavy (non-hydrogen) atoms. The average Bonchev–Trinajstić information content (AvgIpc) is 2.98. The number of carbonyl (C=O) groups excluding carboxylic acids is 1. The van der Waals surface area contributed by atoms with Gasteiger partial charge in [-0.1, -0.05) is 26.2 Å². The molecule has 2 atom stereocenters. The van der Waals surface area contributed by atoms with Gasteiger partial charge in [-0.2, -0.15) is 0 Å². The van der Waals surface area contributed by atoms with Gasteiger partial charge in [-0.3, -0.25) is 9.69 Å². The molecule has 4 nitrogen and oxygen atoms in total. The predicted molar refractivity (Wildman–Crippen MR) is 82.7 cm³/mol. The molecular formula is C16H31N3O. The van der Waals surface area contributed by atoms with Crippen molar-refractivity contribution >= 4 is 5.91 Å². The zero-order chi connectivity index (χ0) is 14.4. The molecule has 1 saturated heterocycles. The van der Waals surface area contributed by atoms with Gasteiger partial charge in [0.05, 0.1) is 6.04 Å². The molecule has 0 radical (unpaired) electrons. The van der Waals surface area contributed by atoms with Crippen LogP contribution in [0.3, 0.4) is 0 Å². The van der Waals surface area contributed by atoms with Crippen LogP contribution in [0, 0.1) is 0 Å². The normalized spacial score (nSPS) is 25.9. The third-order valence-electron chi connectivity index (χ3n) is 4.90. The summed E-state index contributed by atoms with van der Waals surface area (Å²) in [6, 6.07) is 0.978. The highest BCUT2D eigenvalue weighted by molar-refractivity contribution is 5.81. The first-order valence-corrected chi connectivity index (χ1v) is 8.48. The quantitative estimate of drug-likeness (QED) is 0.781. The van der Waals surface area contributed by atoms with Gasteiger partial charge in [0.25, 0.3) is 0 Å². The van der Waals surface area contributed by atoms with Crippen molar-refractivity contribution in [2.24, 2.45) is 0 Å². The van der Waals surface area contributed by atoms with Crippen LogP contribution in [0.4, 0.5) is 0 Å². The fourth-order valence-corrected chi connectivity index (χ4v) is 3.48. The third kappa shape index (κ3) is 4.45. The molecular weight excluding hydrogens is 250 g/mol. The summed E-state index contributed by atoms with van der Waals surface area (Å²) in [7, 11) is 0. The smallest absolute Gasteiger partial charge is 0.237 e. The lowest BCUT2D eigenvalue weighted by atomic mass is 10.0. The first kappa shape index (κ1) is 15.8. The molecule has 1 amide bonds. The number of carbonyl (C=O) groups is 1. The number of likely N-dealkylation sites (N-methyl/N-ethyl adjacent to an activating group) is 1. The van der Waals surface area contributed by atoms with Gasteiger partial charge < -0.3 is 10.6 Å². The largest absolute Gasteiger partial charge is 0.352 e. The number of nitrogens with zero attached hydrogens (tertiary/aromatic N) is 1. The summed E-state index contributed by atoms with van der Waals surface area (Å²) >= 11 is 0. The number of rotatable bonds is 6. The van der Waals surface area contributed by atoms with E-state index in [-0.39, 0.29) is 11.9 Å². The van der Waals surface area contributed by atoms with Gasteiger partial charge in [-0.05, 0) is 45.7 Å². The summed E-state index contributed by atoms with van der Waals surface area (Å²) < 4.78 is 0. The highest BCUT2D eigenvalue weighted by atomic mass is 16.2. The Kier molecular flexibility index (Phi) is 6.30. The van der Waals surface area contributed by atoms with Crippen LogP contribution in [0.2, 0.25) is 0 Å². The van der Waals surface area contributed by atoms with Crippen molar-refractivity contribution < 1.29 is 4.79 Å². The third-order valence-corrected chi connectivity index (χ3v) is 4.90. The summed E-state index contributed by atoms with van der Waals surface area (Å²) in [5.41, 5.74) is 0. The molecule has 0 aromatic rings. The molecule has 2 fully saturated rings. The number of hydrogen-bond acceptors (Lipinski definition) is 3. The summed E-state index contributed by atoms with van der Waals surface area (Å²) in [4.78, 5) is 14.7. The van der Waals surface area contributed by atoms with Crippen molar-refractivity contribution in [2.75, 3.05) is 19.6 Å². The van der Waals surface area contributed by atoms with Crippen molar-refractivity contribution in [3.63, 3.8) is 0 Å². The second kappa shape index (κ2) is 7.99. The van der Waals surface area contributed by atoms with Gasteiger partial charge in [0.2, 0.25) is 5.91 Å². The molecule has 1 aliphatic carbocycles. The van der Waals surface area contributed by atoms with E-state index in [2.05, 4.69) is 29.4 Å². The minimum Gasteiger partial charge on any atom is -0.352 e. The fraction of sp³-hybridized carbons (Fsp3) is 0.938. The maximum absolute atomic E-state index is 12.4. The molecule has 116 valence electrons. The molecule has 4 heteroatoms. The Hall–Kier alpha value is -0.610. The summed E-state index contributed by atoms with van der Waals surface area (Å²) in [6.07, 6.45) is 8.71. The van der Waals surface area contributed by atoms with Crippen LogP contribution in [0.15, 0.2) is 0 Å². The van der Waals surface area contributed by atoms with Gasteiger partial charge in [0, 0.05) is 18.6 Å². The van der Waals surface area contributed by atoms with E-state index in [1.165, 1.54) is 32.1 Å². The molecule has 2 N–H and O–H groups in total. The van der Waals surface area contributed by atoms with Gasteiger partial charge in [-0.15, -0.1) is 0 Å². The van der Waals surface area contributed by atoms with Crippen LogP contribution >= 0.6 is 0 Å². The predicted octanol–water partition coefficient (Wildman–Crippen LogP) is 1.90. The van der Waals surface area contributed by atoms with Crippen LogP contribution in [-0.2, 0) is 4.79 Å². The number of nitrogens with one attached hydrogen (secondary N) is 2. The number of amides is 1. The average molecular weight is 281 g/mol. The Morgan fingerprint density at radius 3 is 2.55 bits per heavy atom. The minimum absolute atomic E-state index is 0.00988. The van der Waals surface area contributed by atoms with Gasteiger partial charge >= 0.3 is 0 Å². The highest BCUT2D eigenvalue weighted by Gasteiger charge is 2.26.